The largest absolute Gasteiger partial charge is 0.441 e. The summed E-state index contributed by atoms with van der Waals surface area (Å²) in [6.45, 7) is 4.40. The van der Waals surface area contributed by atoms with E-state index in [2.05, 4.69) is 20.4 Å². The molecule has 2 aromatic heterocycles. The lowest BCUT2D eigenvalue weighted by Gasteiger charge is -2.15. The number of nitrogens with zero attached hydrogens (tertiary/aromatic N) is 6. The van der Waals surface area contributed by atoms with Gasteiger partial charge in [-0.1, -0.05) is 13.0 Å². The number of halogens is 1. The molecule has 1 amide bonds. The minimum atomic E-state index is -0.800. The molecule has 1 N–H and O–H groups in total. The van der Waals surface area contributed by atoms with Gasteiger partial charge < -0.3 is 9.84 Å². The van der Waals surface area contributed by atoms with E-state index in [0.29, 0.717) is 34.9 Å². The molecule has 9 nitrogen and oxygen atoms in total. The lowest BCUT2D eigenvalue weighted by molar-refractivity contribution is 0.0437. The first-order valence-electron chi connectivity index (χ1n) is 9.66. The van der Waals surface area contributed by atoms with E-state index >= 15 is 0 Å². The highest BCUT2D eigenvalue weighted by Gasteiger charge is 2.35. The molecule has 0 radical (unpaired) electrons. The van der Waals surface area contributed by atoms with Crippen molar-refractivity contribution in [2.45, 2.75) is 39.0 Å². The molecule has 1 aliphatic heterocycles. The summed E-state index contributed by atoms with van der Waals surface area (Å²) in [7, 11) is 0. The molecule has 3 aromatic rings. The Balaban J connectivity index is 1.54. The molecule has 2 unspecified atom stereocenters. The summed E-state index contributed by atoms with van der Waals surface area (Å²) in [5.74, 6) is -0.0895. The average molecular weight is 412 g/mol. The minimum Gasteiger partial charge on any atom is -0.441 e. The zero-order valence-corrected chi connectivity index (χ0v) is 16.6. The maximum absolute atomic E-state index is 14.8. The maximum atomic E-state index is 14.8. The quantitative estimate of drug-likeness (QED) is 0.663. The van der Waals surface area contributed by atoms with Crippen LogP contribution < -0.4 is 4.90 Å². The fraction of sp³-hybridized carbons (Fsp3) is 0.350. The van der Waals surface area contributed by atoms with Crippen LogP contribution in [-0.4, -0.2) is 55.1 Å². The Kier molecular flexibility index (Phi) is 5.40. The SMILES string of the molecule is CCCn1nnc(-c2ccc(-c3ccc(N4CC(C(C)O)OC4=O)cc3F)cn2)n1. The van der Waals surface area contributed by atoms with Gasteiger partial charge in [0.25, 0.3) is 0 Å². The number of ether oxygens (including phenoxy) is 1. The first kappa shape index (κ1) is 19.9. The molecular weight excluding hydrogens is 391 g/mol. The summed E-state index contributed by atoms with van der Waals surface area (Å²) in [4.78, 5) is 19.1. The van der Waals surface area contributed by atoms with Gasteiger partial charge >= 0.3 is 6.09 Å². The molecule has 0 spiro atoms. The number of rotatable bonds is 6. The molecule has 4 rings (SSSR count). The number of carbonyl (C=O) groups excluding carboxylic acids is 1. The normalized spacial score (nSPS) is 17.3. The Bertz CT molecular complexity index is 1050. The molecule has 3 heterocycles. The van der Waals surface area contributed by atoms with Crippen LogP contribution in [-0.2, 0) is 11.3 Å². The number of aliphatic hydroxyl groups is 1. The molecule has 30 heavy (non-hydrogen) atoms. The first-order valence-corrected chi connectivity index (χ1v) is 9.66. The second-order valence-corrected chi connectivity index (χ2v) is 7.08. The molecule has 0 saturated carbocycles. The number of anilines is 1. The van der Waals surface area contributed by atoms with Crippen molar-refractivity contribution < 1.29 is 19.0 Å². The summed E-state index contributed by atoms with van der Waals surface area (Å²) in [6, 6.07) is 7.93. The lowest BCUT2D eigenvalue weighted by Crippen LogP contribution is -2.29. The number of hydrogen-bond acceptors (Lipinski definition) is 7. The molecule has 2 atom stereocenters. The number of tetrazole rings is 1. The molecule has 10 heteroatoms. The van der Waals surface area contributed by atoms with Crippen LogP contribution >= 0.6 is 0 Å². The van der Waals surface area contributed by atoms with E-state index in [9.17, 15) is 14.3 Å². The average Bonchev–Trinajstić information content (AvgIpc) is 3.35. The van der Waals surface area contributed by atoms with Crippen molar-refractivity contribution in [3.8, 4) is 22.6 Å². The predicted octanol–water partition coefficient (Wildman–Crippen LogP) is 2.66. The number of aliphatic hydroxyl groups excluding tert-OH is 1. The third-order valence-electron chi connectivity index (χ3n) is 4.82. The predicted molar refractivity (Wildman–Crippen MR) is 106 cm³/mol. The number of cyclic esters (lactones) is 1. The molecule has 1 saturated heterocycles. The lowest BCUT2D eigenvalue weighted by atomic mass is 10.1. The van der Waals surface area contributed by atoms with Crippen LogP contribution in [0.5, 0.6) is 0 Å². The van der Waals surface area contributed by atoms with Crippen LogP contribution in [0.3, 0.4) is 0 Å². The number of pyridine rings is 1. The second-order valence-electron chi connectivity index (χ2n) is 7.08. The fourth-order valence-corrected chi connectivity index (χ4v) is 3.18. The fourth-order valence-electron chi connectivity index (χ4n) is 3.18. The molecule has 1 fully saturated rings. The van der Waals surface area contributed by atoms with E-state index in [1.165, 1.54) is 15.8 Å². The van der Waals surface area contributed by atoms with Gasteiger partial charge in [-0.15, -0.1) is 10.2 Å². The van der Waals surface area contributed by atoms with E-state index in [1.54, 1.807) is 37.4 Å². The van der Waals surface area contributed by atoms with Gasteiger partial charge in [0, 0.05) is 17.3 Å². The van der Waals surface area contributed by atoms with Gasteiger partial charge in [-0.2, -0.15) is 4.80 Å². The number of hydrogen-bond donors (Lipinski definition) is 1. The molecular formula is C20H21FN6O3. The van der Waals surface area contributed by atoms with Crippen LogP contribution in [0.15, 0.2) is 36.5 Å². The first-order chi connectivity index (χ1) is 14.5. The Morgan fingerprint density at radius 3 is 2.80 bits per heavy atom. The van der Waals surface area contributed by atoms with Gasteiger partial charge in [-0.3, -0.25) is 9.88 Å². The van der Waals surface area contributed by atoms with Gasteiger partial charge in [0.05, 0.1) is 24.9 Å². The van der Waals surface area contributed by atoms with Crippen molar-refractivity contribution in [1.29, 1.82) is 0 Å². The number of aromatic nitrogens is 5. The highest BCUT2D eigenvalue weighted by Crippen LogP contribution is 2.29. The van der Waals surface area contributed by atoms with Crippen molar-refractivity contribution in [2.24, 2.45) is 0 Å². The smallest absolute Gasteiger partial charge is 0.414 e. The van der Waals surface area contributed by atoms with Crippen molar-refractivity contribution in [3.63, 3.8) is 0 Å². The maximum Gasteiger partial charge on any atom is 0.414 e. The van der Waals surface area contributed by atoms with Gasteiger partial charge in [0.2, 0.25) is 5.82 Å². The molecule has 0 bridgehead atoms. The molecule has 1 aliphatic rings. The third kappa shape index (κ3) is 3.86. The molecule has 1 aromatic carbocycles. The zero-order chi connectivity index (χ0) is 21.3. The van der Waals surface area contributed by atoms with Gasteiger partial charge in [-0.05, 0) is 42.8 Å². The van der Waals surface area contributed by atoms with Gasteiger partial charge in [0.15, 0.2) is 0 Å². The van der Waals surface area contributed by atoms with Crippen LogP contribution in [0, 0.1) is 5.82 Å². The summed E-state index contributed by atoms with van der Waals surface area (Å²) in [5.41, 5.74) is 1.84. The third-order valence-corrected chi connectivity index (χ3v) is 4.82. The van der Waals surface area contributed by atoms with Crippen molar-refractivity contribution >= 4 is 11.8 Å². The Morgan fingerprint density at radius 1 is 1.33 bits per heavy atom. The van der Waals surface area contributed by atoms with Gasteiger partial charge in [0.1, 0.15) is 17.6 Å². The second kappa shape index (κ2) is 8.15. The van der Waals surface area contributed by atoms with Crippen LogP contribution in [0.1, 0.15) is 20.3 Å². The summed E-state index contributed by atoms with van der Waals surface area (Å²) >= 11 is 0. The monoisotopic (exact) mass is 412 g/mol. The van der Waals surface area contributed by atoms with E-state index < -0.39 is 24.1 Å². The molecule has 156 valence electrons. The highest BCUT2D eigenvalue weighted by molar-refractivity contribution is 5.90. The Hall–Kier alpha value is -3.40. The van der Waals surface area contributed by atoms with Crippen molar-refractivity contribution in [2.75, 3.05) is 11.4 Å². The number of benzene rings is 1. The van der Waals surface area contributed by atoms with E-state index in [1.807, 2.05) is 6.92 Å². The Morgan fingerprint density at radius 2 is 2.17 bits per heavy atom. The summed E-state index contributed by atoms with van der Waals surface area (Å²) < 4.78 is 19.9. The van der Waals surface area contributed by atoms with Crippen LogP contribution in [0.25, 0.3) is 22.6 Å². The Labute approximate surface area is 172 Å². The van der Waals surface area contributed by atoms with E-state index in [0.717, 1.165) is 6.42 Å². The van der Waals surface area contributed by atoms with Crippen molar-refractivity contribution in [3.05, 3.63) is 42.3 Å². The highest BCUT2D eigenvalue weighted by atomic mass is 19.1. The minimum absolute atomic E-state index is 0.164. The standard InChI is InChI=1S/C20H21FN6O3/c1-3-8-27-24-19(23-25-27)17-7-4-13(10-22-17)15-6-5-14(9-16(15)21)26-11-18(12(2)28)30-20(26)29/h4-7,9-10,12,18,28H,3,8,11H2,1-2H3. The van der Waals surface area contributed by atoms with Gasteiger partial charge in [-0.25, -0.2) is 9.18 Å². The van der Waals surface area contributed by atoms with Crippen LogP contribution in [0.4, 0.5) is 14.9 Å². The number of carbonyl (C=O) groups is 1. The van der Waals surface area contributed by atoms with Crippen molar-refractivity contribution in [1.82, 2.24) is 25.2 Å². The summed E-state index contributed by atoms with van der Waals surface area (Å²) in [6.07, 6.45) is 0.391. The van der Waals surface area contributed by atoms with Crippen LogP contribution in [0.2, 0.25) is 0 Å². The van der Waals surface area contributed by atoms with E-state index in [-0.39, 0.29) is 6.54 Å². The number of aryl methyl sites for hydroxylation is 1. The summed E-state index contributed by atoms with van der Waals surface area (Å²) in [5, 5.41) is 21.8. The topological polar surface area (TPSA) is 106 Å². The number of amides is 1. The zero-order valence-electron chi connectivity index (χ0n) is 16.6. The molecule has 0 aliphatic carbocycles. The van der Waals surface area contributed by atoms with E-state index in [4.69, 9.17) is 4.74 Å².